The van der Waals surface area contributed by atoms with Crippen molar-refractivity contribution in [2.24, 2.45) is 5.92 Å². The summed E-state index contributed by atoms with van der Waals surface area (Å²) in [5.41, 5.74) is 2.10. The largest absolute Gasteiger partial charge is 0.303 e. The molecule has 0 bridgehead atoms. The van der Waals surface area contributed by atoms with Crippen molar-refractivity contribution in [2.45, 2.75) is 37.8 Å². The van der Waals surface area contributed by atoms with Crippen molar-refractivity contribution in [3.8, 4) is 0 Å². The fourth-order valence-corrected chi connectivity index (χ4v) is 4.59. The molecule has 0 spiro atoms. The van der Waals surface area contributed by atoms with Gasteiger partial charge in [0.25, 0.3) is 0 Å². The molecule has 3 rings (SSSR count). The van der Waals surface area contributed by atoms with Crippen molar-refractivity contribution in [1.29, 1.82) is 0 Å². The van der Waals surface area contributed by atoms with Crippen molar-refractivity contribution >= 4 is 34.3 Å². The van der Waals surface area contributed by atoms with Crippen LogP contribution in [-0.4, -0.2) is 53.8 Å². The second-order valence-electron chi connectivity index (χ2n) is 7.14. The number of hydrogen-bond acceptors (Lipinski definition) is 4. The van der Waals surface area contributed by atoms with Gasteiger partial charge < -0.3 is 4.90 Å². The molecule has 1 aromatic heterocycles. The molecule has 2 aromatic rings. The molecule has 0 unspecified atom stereocenters. The highest BCUT2D eigenvalue weighted by atomic mass is 35.5. The number of pyridine rings is 1. The van der Waals surface area contributed by atoms with Gasteiger partial charge in [0, 0.05) is 35.0 Å². The zero-order valence-electron chi connectivity index (χ0n) is 15.6. The van der Waals surface area contributed by atoms with Crippen LogP contribution in [0.25, 0.3) is 10.9 Å². The predicted octanol–water partition coefficient (Wildman–Crippen LogP) is 4.77. The number of aromatic nitrogens is 1. The third-order valence-electron chi connectivity index (χ3n) is 5.43. The number of rotatable bonds is 5. The Labute approximate surface area is 160 Å². The molecular weight excluding hydrogens is 350 g/mol. The number of thioether (sulfide) groups is 1. The molecule has 3 nitrogen and oxygen atoms in total. The minimum Gasteiger partial charge on any atom is -0.303 e. The maximum Gasteiger partial charge on any atom is 0.134 e. The number of benzene rings is 1. The first-order valence-electron chi connectivity index (χ1n) is 9.07. The predicted molar refractivity (Wildman–Crippen MR) is 110 cm³/mol. The summed E-state index contributed by atoms with van der Waals surface area (Å²) in [6.07, 6.45) is 3.30. The van der Waals surface area contributed by atoms with E-state index in [1.54, 1.807) is 11.8 Å². The van der Waals surface area contributed by atoms with Crippen LogP contribution in [-0.2, 0) is 6.54 Å². The third kappa shape index (κ3) is 4.30. The van der Waals surface area contributed by atoms with Crippen LogP contribution < -0.4 is 0 Å². The summed E-state index contributed by atoms with van der Waals surface area (Å²) in [6.45, 7) is 9.00. The summed E-state index contributed by atoms with van der Waals surface area (Å²) < 4.78 is 0. The highest BCUT2D eigenvalue weighted by Gasteiger charge is 2.28. The normalized spacial score (nSPS) is 22.0. The van der Waals surface area contributed by atoms with E-state index in [1.807, 2.05) is 0 Å². The lowest BCUT2D eigenvalue weighted by molar-refractivity contribution is 0.0787. The molecule has 0 saturated carbocycles. The summed E-state index contributed by atoms with van der Waals surface area (Å²) in [5, 5.41) is 1.80. The van der Waals surface area contributed by atoms with Crippen LogP contribution in [0.15, 0.2) is 29.2 Å². The molecule has 0 amide bonds. The molecule has 0 radical (unpaired) electrons. The second-order valence-corrected chi connectivity index (χ2v) is 8.38. The Morgan fingerprint density at radius 3 is 2.84 bits per heavy atom. The summed E-state index contributed by atoms with van der Waals surface area (Å²) in [6, 6.07) is 9.22. The minimum absolute atomic E-state index is 0.605. The first-order valence-corrected chi connectivity index (χ1v) is 10.7. The lowest BCUT2D eigenvalue weighted by Gasteiger charge is -2.41. The van der Waals surface area contributed by atoms with Crippen LogP contribution in [0.1, 0.15) is 25.8 Å². The number of halogens is 1. The Balaban J connectivity index is 1.76. The van der Waals surface area contributed by atoms with Gasteiger partial charge in [-0.3, -0.25) is 4.90 Å². The van der Waals surface area contributed by atoms with Crippen molar-refractivity contribution in [1.82, 2.24) is 14.8 Å². The second kappa shape index (κ2) is 8.26. The Bertz CT molecular complexity index is 736. The lowest BCUT2D eigenvalue weighted by Crippen LogP contribution is -2.48. The van der Waals surface area contributed by atoms with E-state index >= 15 is 0 Å². The molecule has 1 aromatic carbocycles. The average molecular weight is 378 g/mol. The molecule has 25 heavy (non-hydrogen) atoms. The van der Waals surface area contributed by atoms with Gasteiger partial charge in [0.05, 0.1) is 5.52 Å². The first kappa shape index (κ1) is 19.0. The summed E-state index contributed by atoms with van der Waals surface area (Å²) in [4.78, 5) is 10.9. The minimum atomic E-state index is 0.605. The average Bonchev–Trinajstić information content (AvgIpc) is 2.61. The van der Waals surface area contributed by atoms with Crippen molar-refractivity contribution in [3.63, 3.8) is 0 Å². The Kier molecular flexibility index (Phi) is 6.26. The quantitative estimate of drug-likeness (QED) is 0.551. The Hall–Kier alpha value is -0.810. The lowest BCUT2D eigenvalue weighted by atomic mass is 9.92. The maximum atomic E-state index is 6.51. The number of piperidine rings is 1. The van der Waals surface area contributed by atoms with E-state index in [0.29, 0.717) is 17.1 Å². The number of nitrogens with zero attached hydrogens (tertiary/aromatic N) is 3. The molecule has 1 aliphatic heterocycles. The first-order chi connectivity index (χ1) is 12.0. The fraction of sp³-hybridized carbons (Fsp3) is 0.550. The molecule has 1 saturated heterocycles. The standard InChI is InChI=1S/C20H28ClN3S/c1-5-24-9-8-19(14(2)12-24)23(3)13-16-10-15-6-7-17(25-4)11-18(15)22-20(16)21/h6-7,10-11,14,19H,5,8-9,12-13H2,1-4H3/t14-,19-/m0/s1. The van der Waals surface area contributed by atoms with E-state index < -0.39 is 0 Å². The van der Waals surface area contributed by atoms with E-state index in [4.69, 9.17) is 11.6 Å². The molecule has 2 atom stereocenters. The molecule has 5 heteroatoms. The third-order valence-corrected chi connectivity index (χ3v) is 6.48. The van der Waals surface area contributed by atoms with Crippen LogP contribution in [0.4, 0.5) is 0 Å². The summed E-state index contributed by atoms with van der Waals surface area (Å²) in [7, 11) is 2.22. The van der Waals surface area contributed by atoms with Gasteiger partial charge in [-0.15, -0.1) is 11.8 Å². The monoisotopic (exact) mass is 377 g/mol. The number of likely N-dealkylation sites (tertiary alicyclic amines) is 1. The zero-order valence-corrected chi connectivity index (χ0v) is 17.2. The van der Waals surface area contributed by atoms with E-state index in [0.717, 1.165) is 24.2 Å². The van der Waals surface area contributed by atoms with Gasteiger partial charge >= 0.3 is 0 Å². The van der Waals surface area contributed by atoms with Gasteiger partial charge in [0.15, 0.2) is 0 Å². The maximum absolute atomic E-state index is 6.51. The van der Waals surface area contributed by atoms with Crippen LogP contribution in [0, 0.1) is 5.92 Å². The summed E-state index contributed by atoms with van der Waals surface area (Å²) >= 11 is 8.24. The van der Waals surface area contributed by atoms with Crippen molar-refractivity contribution in [3.05, 3.63) is 35.0 Å². The highest BCUT2D eigenvalue weighted by Crippen LogP contribution is 2.27. The van der Waals surface area contributed by atoms with E-state index in [2.05, 4.69) is 66.2 Å². The zero-order chi connectivity index (χ0) is 18.0. The topological polar surface area (TPSA) is 19.4 Å². The Morgan fingerprint density at radius 1 is 1.36 bits per heavy atom. The summed E-state index contributed by atoms with van der Waals surface area (Å²) in [5.74, 6) is 0.676. The van der Waals surface area contributed by atoms with Gasteiger partial charge in [-0.05, 0) is 56.9 Å². The molecule has 1 aliphatic rings. The van der Waals surface area contributed by atoms with Crippen molar-refractivity contribution in [2.75, 3.05) is 32.9 Å². The Morgan fingerprint density at radius 2 is 2.16 bits per heavy atom. The van der Waals surface area contributed by atoms with E-state index in [-0.39, 0.29) is 0 Å². The highest BCUT2D eigenvalue weighted by molar-refractivity contribution is 7.98. The molecular formula is C20H28ClN3S. The van der Waals surface area contributed by atoms with Crippen LogP contribution in [0.5, 0.6) is 0 Å². The van der Waals surface area contributed by atoms with Gasteiger partial charge in [0.2, 0.25) is 0 Å². The molecule has 2 heterocycles. The molecule has 136 valence electrons. The fourth-order valence-electron chi connectivity index (χ4n) is 3.95. The van der Waals surface area contributed by atoms with Crippen LogP contribution >= 0.6 is 23.4 Å². The van der Waals surface area contributed by atoms with E-state index in [9.17, 15) is 0 Å². The van der Waals surface area contributed by atoms with Crippen LogP contribution in [0.3, 0.4) is 0 Å². The van der Waals surface area contributed by atoms with Gasteiger partial charge in [-0.2, -0.15) is 0 Å². The molecule has 0 N–H and O–H groups in total. The number of fused-ring (bicyclic) bond motifs is 1. The SMILES string of the molecule is CCN1CC[C@H](N(C)Cc2cc3ccc(SC)cc3nc2Cl)[C@@H](C)C1. The molecule has 0 aliphatic carbocycles. The van der Waals surface area contributed by atoms with Crippen LogP contribution in [0.2, 0.25) is 5.15 Å². The van der Waals surface area contributed by atoms with Gasteiger partial charge in [-0.25, -0.2) is 4.98 Å². The smallest absolute Gasteiger partial charge is 0.134 e. The van der Waals surface area contributed by atoms with Gasteiger partial charge in [0.1, 0.15) is 5.15 Å². The van der Waals surface area contributed by atoms with E-state index in [1.165, 1.54) is 29.8 Å². The number of hydrogen-bond donors (Lipinski definition) is 0. The molecule has 1 fully saturated rings. The van der Waals surface area contributed by atoms with Gasteiger partial charge in [-0.1, -0.05) is 31.5 Å². The van der Waals surface area contributed by atoms with Crippen molar-refractivity contribution < 1.29 is 0 Å².